The highest BCUT2D eigenvalue weighted by atomic mass is 17.0. The average molecular weight is 731 g/mol. The number of anilines is 1. The van der Waals surface area contributed by atoms with Crippen LogP contribution >= 0.6 is 0 Å². The molecule has 1 saturated heterocycles. The number of ether oxygens (including phenoxy) is 6. The Morgan fingerprint density at radius 1 is 1.08 bits per heavy atom. The molecule has 0 aliphatic carbocycles. The summed E-state index contributed by atoms with van der Waals surface area (Å²) in [6.07, 6.45) is -0.354. The lowest BCUT2D eigenvalue weighted by atomic mass is 9.76. The zero-order chi connectivity index (χ0) is 37.5. The molecule has 4 atom stereocenters. The van der Waals surface area contributed by atoms with Gasteiger partial charge >= 0.3 is 6.09 Å². The number of hydrogen-bond acceptors (Lipinski definition) is 13. The van der Waals surface area contributed by atoms with Gasteiger partial charge in [0.05, 0.1) is 51.3 Å². The molecule has 2 aromatic rings. The number of nitrogens with zero attached hydrogens (tertiary/aromatic N) is 2. The van der Waals surface area contributed by atoms with Gasteiger partial charge in [0.2, 0.25) is 6.29 Å². The summed E-state index contributed by atoms with van der Waals surface area (Å²) in [6, 6.07) is 14.6. The van der Waals surface area contributed by atoms with E-state index in [9.17, 15) is 19.7 Å². The fourth-order valence-electron chi connectivity index (χ4n) is 6.54. The number of alkyl carbamates (subject to hydrolysis) is 1. The second-order valence-corrected chi connectivity index (χ2v) is 13.7. The van der Waals surface area contributed by atoms with Crippen LogP contribution in [0.1, 0.15) is 62.6 Å². The van der Waals surface area contributed by atoms with Crippen LogP contribution in [0.3, 0.4) is 0 Å². The number of nitrogens with one attached hydrogen (secondary N) is 2. The fraction of sp³-hybridized carbons (Fsp3) is 0.622. The Kier molecular flexibility index (Phi) is 15.9. The third-order valence-corrected chi connectivity index (χ3v) is 9.34. The minimum atomic E-state index is -1.41. The Hall–Kier alpha value is -4.02. The van der Waals surface area contributed by atoms with Crippen molar-refractivity contribution in [1.29, 1.82) is 0 Å². The number of piperidine rings is 1. The van der Waals surface area contributed by atoms with Crippen LogP contribution in [0.15, 0.2) is 42.5 Å². The van der Waals surface area contributed by atoms with E-state index in [-0.39, 0.29) is 30.4 Å². The van der Waals surface area contributed by atoms with Crippen molar-refractivity contribution >= 4 is 17.6 Å². The van der Waals surface area contributed by atoms with E-state index in [1.54, 1.807) is 14.2 Å². The van der Waals surface area contributed by atoms with Crippen LogP contribution < -0.4 is 20.3 Å². The standard InChI is InChI=1S/C37H54N4O11/c1-26(52-41(44)45)51-36(43)39-23-35(42)37(2,3)21-30-20-31(29-10-7-27(8-11-29)24-48-18-17-47-5)34(22-38-30)50-25-28-9-12-33-32(19-28)40(14-16-49-33)13-6-15-46-4/h7-12,19,26,30-31,34,38H,6,13-18,20-25H2,1-5H3,(H,39,43)/t26?,30-,31-,34+/m1/s1. The molecule has 0 radical (unpaired) electrons. The maximum Gasteiger partial charge on any atom is 0.409 e. The Labute approximate surface area is 305 Å². The summed E-state index contributed by atoms with van der Waals surface area (Å²) in [7, 11) is 3.36. The first-order chi connectivity index (χ1) is 25.0. The Bertz CT molecular complexity index is 1440. The maximum atomic E-state index is 13.2. The Morgan fingerprint density at radius 3 is 2.56 bits per heavy atom. The number of carbonyl (C=O) groups is 2. The second-order valence-electron chi connectivity index (χ2n) is 13.7. The van der Waals surface area contributed by atoms with Gasteiger partial charge in [0.1, 0.15) is 12.4 Å². The minimum absolute atomic E-state index is 0.0112. The van der Waals surface area contributed by atoms with Gasteiger partial charge in [-0.2, -0.15) is 0 Å². The maximum absolute atomic E-state index is 13.2. The lowest BCUT2D eigenvalue weighted by molar-refractivity contribution is -0.777. The van der Waals surface area contributed by atoms with Crippen molar-refractivity contribution in [3.05, 3.63) is 69.3 Å². The summed E-state index contributed by atoms with van der Waals surface area (Å²) in [5.41, 5.74) is 3.53. The third kappa shape index (κ3) is 12.6. The first-order valence-electron chi connectivity index (χ1n) is 17.8. The number of Topliss-reactive ketones (excluding diaryl/α,β-unsaturated/α-hetero) is 1. The molecule has 0 bridgehead atoms. The molecule has 15 heteroatoms. The zero-order valence-electron chi connectivity index (χ0n) is 30.9. The van der Waals surface area contributed by atoms with Gasteiger partial charge in [-0.15, -0.1) is 10.1 Å². The van der Waals surface area contributed by atoms with E-state index in [0.717, 1.165) is 54.1 Å². The third-order valence-electron chi connectivity index (χ3n) is 9.34. The Morgan fingerprint density at radius 2 is 1.83 bits per heavy atom. The van der Waals surface area contributed by atoms with Crippen molar-refractivity contribution < 1.29 is 47.9 Å². The van der Waals surface area contributed by atoms with Gasteiger partial charge in [-0.05, 0) is 55.0 Å². The lowest BCUT2D eigenvalue weighted by Crippen LogP contribution is -2.50. The molecule has 2 aliphatic heterocycles. The molecule has 0 aromatic heterocycles. The van der Waals surface area contributed by atoms with E-state index in [2.05, 4.69) is 56.8 Å². The molecule has 2 heterocycles. The van der Waals surface area contributed by atoms with Gasteiger partial charge in [-0.1, -0.05) is 44.2 Å². The molecule has 0 spiro atoms. The quantitative estimate of drug-likeness (QED) is 0.0804. The number of rotatable bonds is 21. The molecular weight excluding hydrogens is 676 g/mol. The minimum Gasteiger partial charge on any atom is -0.490 e. The summed E-state index contributed by atoms with van der Waals surface area (Å²) < 4.78 is 33.4. The van der Waals surface area contributed by atoms with Crippen molar-refractivity contribution in [2.45, 2.75) is 77.6 Å². The number of fused-ring (bicyclic) bond motifs is 1. The molecule has 52 heavy (non-hydrogen) atoms. The number of ketones is 1. The molecule has 0 saturated carbocycles. The highest BCUT2D eigenvalue weighted by molar-refractivity contribution is 5.88. The Balaban J connectivity index is 1.42. The van der Waals surface area contributed by atoms with Gasteiger partial charge in [-0.25, -0.2) is 4.79 Å². The van der Waals surface area contributed by atoms with Gasteiger partial charge in [0.25, 0.3) is 5.09 Å². The molecule has 1 fully saturated rings. The van der Waals surface area contributed by atoms with Crippen LogP contribution in [0.4, 0.5) is 10.5 Å². The van der Waals surface area contributed by atoms with E-state index < -0.39 is 22.9 Å². The van der Waals surface area contributed by atoms with Crippen molar-refractivity contribution in [2.75, 3.05) is 71.7 Å². The normalized spacial score (nSPS) is 19.2. The van der Waals surface area contributed by atoms with E-state index in [1.165, 1.54) is 6.92 Å². The predicted molar refractivity (Wildman–Crippen MR) is 192 cm³/mol. The van der Waals surface area contributed by atoms with Crippen LogP contribution in [-0.2, 0) is 46.5 Å². The van der Waals surface area contributed by atoms with Crippen LogP contribution in [-0.4, -0.2) is 102 Å². The van der Waals surface area contributed by atoms with Gasteiger partial charge in [0, 0.05) is 51.3 Å². The molecule has 2 N–H and O–H groups in total. The predicted octanol–water partition coefficient (Wildman–Crippen LogP) is 4.38. The first-order valence-corrected chi connectivity index (χ1v) is 17.8. The largest absolute Gasteiger partial charge is 0.490 e. The van der Waals surface area contributed by atoms with Gasteiger partial charge < -0.3 is 44.0 Å². The van der Waals surface area contributed by atoms with E-state index >= 15 is 0 Å². The van der Waals surface area contributed by atoms with Crippen LogP contribution in [0.25, 0.3) is 0 Å². The van der Waals surface area contributed by atoms with Gasteiger partial charge in [-0.3, -0.25) is 9.63 Å². The molecule has 1 unspecified atom stereocenters. The van der Waals surface area contributed by atoms with Gasteiger partial charge in [0.15, 0.2) is 5.78 Å². The number of carbonyl (C=O) groups excluding carboxylic acids is 2. The van der Waals surface area contributed by atoms with Crippen LogP contribution in [0.2, 0.25) is 0 Å². The summed E-state index contributed by atoms with van der Waals surface area (Å²) in [4.78, 5) is 42.3. The number of methoxy groups -OCH3 is 2. The SMILES string of the molecule is COCCCN1CCOc2ccc(CO[C@H]3CN[C@@H](CC(C)(C)C(=O)CNC(=O)OC(C)O[N+](=O)[O-])C[C@@H]3c3ccc(COCCOC)cc3)cc21. The summed E-state index contributed by atoms with van der Waals surface area (Å²) in [5, 5.41) is 15.4. The molecule has 2 aromatic carbocycles. The number of hydrogen-bond donors (Lipinski definition) is 2. The average Bonchev–Trinajstić information content (AvgIpc) is 3.11. The first kappa shape index (κ1) is 40.7. The van der Waals surface area contributed by atoms with Crippen molar-refractivity contribution in [3.8, 4) is 5.75 Å². The van der Waals surface area contributed by atoms with E-state index in [4.69, 9.17) is 28.4 Å². The van der Waals surface area contributed by atoms with Crippen LogP contribution in [0, 0.1) is 15.5 Å². The molecule has 1 amide bonds. The fourth-order valence-corrected chi connectivity index (χ4v) is 6.54. The molecular formula is C37H54N4O11. The topological polar surface area (TPSA) is 169 Å². The second kappa shape index (κ2) is 20.3. The van der Waals surface area contributed by atoms with Crippen LogP contribution in [0.5, 0.6) is 5.75 Å². The zero-order valence-corrected chi connectivity index (χ0v) is 30.9. The highest BCUT2D eigenvalue weighted by Gasteiger charge is 2.37. The van der Waals surface area contributed by atoms with E-state index in [0.29, 0.717) is 52.6 Å². The molecule has 4 rings (SSSR count). The van der Waals surface area contributed by atoms with Crippen molar-refractivity contribution in [1.82, 2.24) is 10.6 Å². The lowest BCUT2D eigenvalue weighted by Gasteiger charge is -2.40. The molecule has 2 aliphatic rings. The number of benzene rings is 2. The highest BCUT2D eigenvalue weighted by Crippen LogP contribution is 2.37. The summed E-state index contributed by atoms with van der Waals surface area (Å²) in [5.74, 6) is 0.722. The number of amides is 1. The monoisotopic (exact) mass is 730 g/mol. The summed E-state index contributed by atoms with van der Waals surface area (Å²) >= 11 is 0. The molecule has 15 nitrogen and oxygen atoms in total. The smallest absolute Gasteiger partial charge is 0.409 e. The summed E-state index contributed by atoms with van der Waals surface area (Å²) in [6.45, 7) is 10.2. The van der Waals surface area contributed by atoms with Crippen molar-refractivity contribution in [3.63, 3.8) is 0 Å². The van der Waals surface area contributed by atoms with E-state index in [1.807, 2.05) is 19.9 Å². The van der Waals surface area contributed by atoms with Crippen molar-refractivity contribution in [2.24, 2.45) is 5.41 Å². The molecule has 288 valence electrons.